The number of nitriles is 1. The molecule has 3 aromatic heterocycles. The number of nitrogen functional groups attached to an aromatic ring is 1. The summed E-state index contributed by atoms with van der Waals surface area (Å²) in [6.45, 7) is 5.50. The van der Waals surface area contributed by atoms with E-state index in [2.05, 4.69) is 22.0 Å². The highest BCUT2D eigenvalue weighted by atomic mass is 19.1. The molecule has 5 aromatic rings. The molecule has 2 aromatic carbocycles. The maximum absolute atomic E-state index is 15.6. The lowest BCUT2D eigenvalue weighted by Crippen LogP contribution is -2.30. The molecular weight excluding hydrogens is 600 g/mol. The van der Waals surface area contributed by atoms with Gasteiger partial charge in [0, 0.05) is 45.9 Å². The predicted molar refractivity (Wildman–Crippen MR) is 177 cm³/mol. The third-order valence-corrected chi connectivity index (χ3v) is 8.42. The van der Waals surface area contributed by atoms with Gasteiger partial charge in [-0.05, 0) is 79.9 Å². The number of pyridine rings is 2. The number of aromatic nitrogens is 4. The molecule has 3 heterocycles. The Labute approximate surface area is 269 Å². The third-order valence-electron chi connectivity index (χ3n) is 8.42. The highest BCUT2D eigenvalue weighted by Gasteiger charge is 2.22. The van der Waals surface area contributed by atoms with E-state index in [-0.39, 0.29) is 39.6 Å². The van der Waals surface area contributed by atoms with Crippen LogP contribution in [0.5, 0.6) is 0 Å². The van der Waals surface area contributed by atoms with Gasteiger partial charge in [0.05, 0.1) is 17.9 Å². The Balaban J connectivity index is 1.30. The normalized spacial score (nSPS) is 13.2. The summed E-state index contributed by atoms with van der Waals surface area (Å²) < 4.78 is 32.3. The zero-order valence-electron chi connectivity index (χ0n) is 25.6. The number of nitrogens with two attached hydrogens (primary N) is 1. The lowest BCUT2D eigenvalue weighted by molar-refractivity contribution is 0.102. The van der Waals surface area contributed by atoms with Gasteiger partial charge in [-0.1, -0.05) is 25.8 Å². The number of carbonyl (C=O) groups excluding carboxylic acids is 1. The van der Waals surface area contributed by atoms with Gasteiger partial charge in [0.25, 0.3) is 11.5 Å². The third kappa shape index (κ3) is 6.18. The second kappa shape index (κ2) is 12.8. The summed E-state index contributed by atoms with van der Waals surface area (Å²) in [6.07, 6.45) is 11.2. The van der Waals surface area contributed by atoms with Crippen LogP contribution in [0.2, 0.25) is 0 Å². The number of halogens is 2. The maximum Gasteiger partial charge on any atom is 0.269 e. The minimum absolute atomic E-state index is 0.0594. The van der Waals surface area contributed by atoms with Crippen molar-refractivity contribution in [3.63, 3.8) is 0 Å². The van der Waals surface area contributed by atoms with Gasteiger partial charge in [0.15, 0.2) is 0 Å². The van der Waals surface area contributed by atoms with Gasteiger partial charge >= 0.3 is 0 Å². The van der Waals surface area contributed by atoms with Gasteiger partial charge in [0.2, 0.25) is 0 Å². The van der Waals surface area contributed by atoms with Gasteiger partial charge in [-0.25, -0.2) is 13.8 Å². The largest absolute Gasteiger partial charge is 0.383 e. The monoisotopic (exact) mass is 631 g/mol. The lowest BCUT2D eigenvalue weighted by atomic mass is 9.96. The van der Waals surface area contributed by atoms with E-state index >= 15 is 4.39 Å². The molecule has 6 rings (SSSR count). The Hall–Kier alpha value is -5.89. The van der Waals surface area contributed by atoms with Gasteiger partial charge in [-0.3, -0.25) is 18.8 Å². The second-order valence-corrected chi connectivity index (χ2v) is 11.6. The fraction of sp³-hybridized carbons (Fsp3) is 0.194. The van der Waals surface area contributed by atoms with Gasteiger partial charge in [-0.2, -0.15) is 10.4 Å². The van der Waals surface area contributed by atoms with Crippen molar-refractivity contribution in [1.29, 1.82) is 5.26 Å². The summed E-state index contributed by atoms with van der Waals surface area (Å²) in [4.78, 5) is 31.3. The molecular formula is C36H31F2N7O2. The molecule has 1 saturated carbocycles. The number of hydrogen-bond acceptors (Lipinski definition) is 6. The summed E-state index contributed by atoms with van der Waals surface area (Å²) in [7, 11) is 0. The van der Waals surface area contributed by atoms with Gasteiger partial charge in [0.1, 0.15) is 34.8 Å². The molecule has 0 radical (unpaired) electrons. The van der Waals surface area contributed by atoms with E-state index in [9.17, 15) is 19.2 Å². The molecule has 1 aliphatic carbocycles. The minimum atomic E-state index is -0.830. The number of anilines is 2. The molecule has 0 atom stereocenters. The Morgan fingerprint density at radius 1 is 1.00 bits per heavy atom. The zero-order chi connectivity index (χ0) is 33.2. The molecule has 0 aliphatic heterocycles. The van der Waals surface area contributed by atoms with Crippen molar-refractivity contribution in [2.45, 2.75) is 45.1 Å². The molecule has 1 fully saturated rings. The van der Waals surface area contributed by atoms with Crippen molar-refractivity contribution >= 4 is 23.0 Å². The minimum Gasteiger partial charge on any atom is -0.383 e. The van der Waals surface area contributed by atoms with Crippen LogP contribution < -0.4 is 16.6 Å². The van der Waals surface area contributed by atoms with E-state index in [4.69, 9.17) is 5.73 Å². The van der Waals surface area contributed by atoms with Crippen LogP contribution in [0.4, 0.5) is 20.3 Å². The maximum atomic E-state index is 15.6. The molecule has 0 saturated heterocycles. The Bertz CT molecular complexity index is 2120. The first-order valence-electron chi connectivity index (χ1n) is 15.2. The summed E-state index contributed by atoms with van der Waals surface area (Å²) in [5.41, 5.74) is 8.09. The quantitative estimate of drug-likeness (QED) is 0.194. The molecule has 3 N–H and O–H groups in total. The van der Waals surface area contributed by atoms with Crippen molar-refractivity contribution in [1.82, 2.24) is 19.3 Å². The number of amides is 1. The van der Waals surface area contributed by atoms with E-state index in [1.807, 2.05) is 16.9 Å². The standard InChI is InChI=1S/C36H31F2N7O2/c1-21(2)29-16-31(36(47)45(33(29)17-39)27-11-8-24(37)9-12-27)35(46)43-25-10-13-28(32(38)15-25)30-14-22(18-41-34(30)40)23-19-42-44(20-23)26-6-4-3-5-7-26/h8-16,18-20,26H,1,3-7H2,2H3,(H2,40,41)(H,43,46). The van der Waals surface area contributed by atoms with Crippen molar-refractivity contribution in [2.75, 3.05) is 11.1 Å². The number of rotatable bonds is 7. The van der Waals surface area contributed by atoms with Crippen LogP contribution in [0.3, 0.4) is 0 Å². The smallest absolute Gasteiger partial charge is 0.269 e. The van der Waals surface area contributed by atoms with Crippen LogP contribution in [-0.4, -0.2) is 25.2 Å². The molecule has 236 valence electrons. The number of nitrogens with one attached hydrogen (secondary N) is 1. The molecule has 9 nitrogen and oxygen atoms in total. The summed E-state index contributed by atoms with van der Waals surface area (Å²) in [5, 5.41) is 17.0. The second-order valence-electron chi connectivity index (χ2n) is 11.6. The fourth-order valence-corrected chi connectivity index (χ4v) is 5.94. The first-order chi connectivity index (χ1) is 22.6. The van der Waals surface area contributed by atoms with Gasteiger partial charge < -0.3 is 11.1 Å². The van der Waals surface area contributed by atoms with E-state index < -0.39 is 23.1 Å². The number of benzene rings is 2. The predicted octanol–water partition coefficient (Wildman–Crippen LogP) is 7.29. The van der Waals surface area contributed by atoms with Crippen LogP contribution in [0, 0.1) is 23.0 Å². The van der Waals surface area contributed by atoms with Crippen molar-refractivity contribution < 1.29 is 13.6 Å². The van der Waals surface area contributed by atoms with Gasteiger partial charge in [-0.15, -0.1) is 0 Å². The number of hydrogen-bond donors (Lipinski definition) is 2. The lowest BCUT2D eigenvalue weighted by Gasteiger charge is -2.21. The molecule has 1 aliphatic rings. The van der Waals surface area contributed by atoms with E-state index in [0.29, 0.717) is 17.2 Å². The van der Waals surface area contributed by atoms with Crippen LogP contribution >= 0.6 is 0 Å². The molecule has 0 spiro atoms. The van der Waals surface area contributed by atoms with Crippen LogP contribution in [-0.2, 0) is 0 Å². The van der Waals surface area contributed by atoms with E-state index in [1.54, 1.807) is 25.4 Å². The zero-order valence-corrected chi connectivity index (χ0v) is 25.6. The number of carbonyl (C=O) groups is 1. The van der Waals surface area contributed by atoms with Crippen molar-refractivity contribution in [3.05, 3.63) is 119 Å². The highest BCUT2D eigenvalue weighted by molar-refractivity contribution is 6.04. The summed E-state index contributed by atoms with van der Waals surface area (Å²) in [6, 6.07) is 14.4. The fourth-order valence-electron chi connectivity index (χ4n) is 5.94. The van der Waals surface area contributed by atoms with Crippen LogP contribution in [0.15, 0.2) is 84.6 Å². The average molecular weight is 632 g/mol. The highest BCUT2D eigenvalue weighted by Crippen LogP contribution is 2.34. The Morgan fingerprint density at radius 3 is 2.43 bits per heavy atom. The Kier molecular flexibility index (Phi) is 8.50. The molecule has 0 bridgehead atoms. The first kappa shape index (κ1) is 31.1. The van der Waals surface area contributed by atoms with Crippen LogP contribution in [0.25, 0.3) is 33.5 Å². The van der Waals surface area contributed by atoms with E-state index in [0.717, 1.165) is 46.7 Å². The van der Waals surface area contributed by atoms with Crippen molar-refractivity contribution in [2.24, 2.45) is 0 Å². The SMILES string of the molecule is C=C(C)c1cc(C(=O)Nc2ccc(-c3cc(-c4cnn(C5CCCCC5)c4)cnc3N)c(F)c2)c(=O)n(-c2ccc(F)cc2)c1C#N. The summed E-state index contributed by atoms with van der Waals surface area (Å²) >= 11 is 0. The Morgan fingerprint density at radius 2 is 1.74 bits per heavy atom. The molecule has 0 unspecified atom stereocenters. The topological polar surface area (TPSA) is 132 Å². The molecule has 11 heteroatoms. The first-order valence-corrected chi connectivity index (χ1v) is 15.2. The van der Waals surface area contributed by atoms with Crippen LogP contribution in [0.1, 0.15) is 66.7 Å². The summed E-state index contributed by atoms with van der Waals surface area (Å²) in [5.74, 6) is -1.90. The number of nitrogens with zero attached hydrogens (tertiary/aromatic N) is 5. The molecule has 47 heavy (non-hydrogen) atoms. The average Bonchev–Trinajstić information content (AvgIpc) is 3.56. The van der Waals surface area contributed by atoms with Crippen molar-refractivity contribution in [3.8, 4) is 34.0 Å². The van der Waals surface area contributed by atoms with E-state index in [1.165, 1.54) is 49.6 Å². The number of allylic oxidation sites excluding steroid dienone is 1. The molecule has 1 amide bonds.